The first-order valence-corrected chi connectivity index (χ1v) is 9.04. The smallest absolute Gasteiger partial charge is 0.247 e. The molecule has 0 bridgehead atoms. The summed E-state index contributed by atoms with van der Waals surface area (Å²) in [4.78, 5) is 0. The first kappa shape index (κ1) is 17.3. The predicted octanol–water partition coefficient (Wildman–Crippen LogP) is 3.23. The summed E-state index contributed by atoms with van der Waals surface area (Å²) in [6, 6.07) is 11.1. The van der Waals surface area contributed by atoms with Crippen molar-refractivity contribution in [1.29, 1.82) is 0 Å². The van der Waals surface area contributed by atoms with E-state index in [1.165, 1.54) is 11.8 Å². The molecule has 3 aromatic heterocycles. The lowest BCUT2D eigenvalue weighted by atomic mass is 10.2. The lowest BCUT2D eigenvalue weighted by molar-refractivity contribution is 0.415. The number of rotatable bonds is 7. The van der Waals surface area contributed by atoms with Crippen LogP contribution in [-0.2, 0) is 6.54 Å². The zero-order valence-corrected chi connectivity index (χ0v) is 15.5. The van der Waals surface area contributed by atoms with Crippen molar-refractivity contribution in [3.05, 3.63) is 54.3 Å². The third-order valence-electron chi connectivity index (χ3n) is 3.79. The highest BCUT2D eigenvalue weighted by molar-refractivity contribution is 7.99. The second kappa shape index (κ2) is 7.62. The minimum atomic E-state index is -0.120. The molecule has 0 saturated carbocycles. The molecule has 0 fully saturated rings. The average molecular weight is 384 g/mol. The fraction of sp³-hybridized carbons (Fsp3) is 0.235. The maximum absolute atomic E-state index is 5.82. The Morgan fingerprint density at radius 1 is 1.15 bits per heavy atom. The summed E-state index contributed by atoms with van der Waals surface area (Å²) in [6.45, 7) is 2.41. The Kier molecular flexibility index (Phi) is 4.88. The Bertz CT molecular complexity index is 996. The molecule has 0 amide bonds. The summed E-state index contributed by atoms with van der Waals surface area (Å²) >= 11 is 1.44. The van der Waals surface area contributed by atoms with Crippen LogP contribution >= 0.6 is 11.8 Å². The van der Waals surface area contributed by atoms with E-state index in [-0.39, 0.29) is 5.25 Å². The fourth-order valence-electron chi connectivity index (χ4n) is 2.39. The molecule has 1 atom stereocenters. The number of tetrazole rings is 1. The van der Waals surface area contributed by atoms with E-state index in [1.54, 1.807) is 18.1 Å². The Balaban J connectivity index is 1.47. The molecule has 4 rings (SSSR count). The van der Waals surface area contributed by atoms with E-state index < -0.39 is 0 Å². The van der Waals surface area contributed by atoms with Crippen LogP contribution in [0.2, 0.25) is 0 Å². The Hall–Kier alpha value is -3.14. The quantitative estimate of drug-likeness (QED) is 0.444. The van der Waals surface area contributed by atoms with Gasteiger partial charge in [-0.2, -0.15) is 0 Å². The number of hydrogen-bond donors (Lipinski definition) is 0. The molecule has 27 heavy (non-hydrogen) atoms. The van der Waals surface area contributed by atoms with Gasteiger partial charge >= 0.3 is 0 Å². The SMILES string of the molecule is COc1ccc(-c2nnc(C(C)Sc3nnnn3Cc3ccco3)o2)cc1. The van der Waals surface area contributed by atoms with Crippen LogP contribution in [0.5, 0.6) is 5.75 Å². The first-order valence-electron chi connectivity index (χ1n) is 8.16. The highest BCUT2D eigenvalue weighted by Gasteiger charge is 2.20. The number of furan rings is 1. The Morgan fingerprint density at radius 2 is 2.00 bits per heavy atom. The van der Waals surface area contributed by atoms with Gasteiger partial charge in [0.1, 0.15) is 18.1 Å². The Labute approximate surface area is 158 Å². The van der Waals surface area contributed by atoms with Crippen molar-refractivity contribution < 1.29 is 13.6 Å². The van der Waals surface area contributed by atoms with Gasteiger partial charge in [0.15, 0.2) is 0 Å². The van der Waals surface area contributed by atoms with Gasteiger partial charge in [-0.3, -0.25) is 0 Å². The van der Waals surface area contributed by atoms with E-state index in [0.717, 1.165) is 17.1 Å². The van der Waals surface area contributed by atoms with Crippen LogP contribution in [0.15, 0.2) is 56.7 Å². The molecule has 0 saturated heterocycles. The molecule has 1 aromatic carbocycles. The van der Waals surface area contributed by atoms with Gasteiger partial charge in [-0.25, -0.2) is 4.68 Å². The molecule has 9 nitrogen and oxygen atoms in total. The minimum absolute atomic E-state index is 0.120. The maximum Gasteiger partial charge on any atom is 0.247 e. The topological polar surface area (TPSA) is 105 Å². The summed E-state index contributed by atoms with van der Waals surface area (Å²) in [5.74, 6) is 2.50. The lowest BCUT2D eigenvalue weighted by Gasteiger charge is -2.06. The first-order chi connectivity index (χ1) is 13.2. The molecule has 138 valence electrons. The predicted molar refractivity (Wildman–Crippen MR) is 96.2 cm³/mol. The maximum atomic E-state index is 5.82. The number of nitrogens with zero attached hydrogens (tertiary/aromatic N) is 6. The van der Waals surface area contributed by atoms with E-state index in [1.807, 2.05) is 43.3 Å². The van der Waals surface area contributed by atoms with Crippen LogP contribution in [0.3, 0.4) is 0 Å². The van der Waals surface area contributed by atoms with E-state index in [2.05, 4.69) is 25.7 Å². The van der Waals surface area contributed by atoms with Gasteiger partial charge < -0.3 is 13.6 Å². The number of methoxy groups -OCH3 is 1. The van der Waals surface area contributed by atoms with Crippen LogP contribution in [0, 0.1) is 0 Å². The molecule has 1 unspecified atom stereocenters. The van der Waals surface area contributed by atoms with E-state index >= 15 is 0 Å². The second-order valence-corrected chi connectivity index (χ2v) is 6.94. The largest absolute Gasteiger partial charge is 0.497 e. The lowest BCUT2D eigenvalue weighted by Crippen LogP contribution is -2.04. The standard InChI is InChI=1S/C17H16N6O3S/c1-11(27-17-20-21-22-23(17)10-14-4-3-9-25-14)15-18-19-16(26-15)12-5-7-13(24-2)8-6-12/h3-9,11H,10H2,1-2H3. The Morgan fingerprint density at radius 3 is 2.74 bits per heavy atom. The summed E-state index contributed by atoms with van der Waals surface area (Å²) in [7, 11) is 1.62. The van der Waals surface area contributed by atoms with Crippen molar-refractivity contribution >= 4 is 11.8 Å². The minimum Gasteiger partial charge on any atom is -0.497 e. The molecule has 10 heteroatoms. The van der Waals surface area contributed by atoms with Crippen molar-refractivity contribution in [1.82, 2.24) is 30.4 Å². The molecule has 0 aliphatic carbocycles. The van der Waals surface area contributed by atoms with Crippen LogP contribution in [0.4, 0.5) is 0 Å². The van der Waals surface area contributed by atoms with Crippen LogP contribution in [0.1, 0.15) is 23.8 Å². The average Bonchev–Trinajstić information content (AvgIpc) is 3.45. The number of hydrogen-bond acceptors (Lipinski definition) is 9. The summed E-state index contributed by atoms with van der Waals surface area (Å²) in [6.07, 6.45) is 1.62. The normalized spacial score (nSPS) is 12.2. The summed E-state index contributed by atoms with van der Waals surface area (Å²) in [5, 5.41) is 20.6. The third kappa shape index (κ3) is 3.85. The number of benzene rings is 1. The van der Waals surface area contributed by atoms with Crippen LogP contribution < -0.4 is 4.74 Å². The van der Waals surface area contributed by atoms with Gasteiger partial charge in [0.2, 0.25) is 16.9 Å². The molecular formula is C17H16N6O3S. The number of ether oxygens (including phenoxy) is 1. The van der Waals surface area contributed by atoms with Crippen molar-refractivity contribution in [3.63, 3.8) is 0 Å². The van der Waals surface area contributed by atoms with Gasteiger partial charge in [-0.15, -0.1) is 15.3 Å². The highest BCUT2D eigenvalue weighted by Crippen LogP contribution is 2.34. The molecule has 3 heterocycles. The monoisotopic (exact) mass is 384 g/mol. The summed E-state index contributed by atoms with van der Waals surface area (Å²) in [5.41, 5.74) is 0.828. The number of thioether (sulfide) groups is 1. The molecule has 0 aliphatic rings. The van der Waals surface area contributed by atoms with Crippen molar-refractivity contribution in [3.8, 4) is 17.2 Å². The molecular weight excluding hydrogens is 368 g/mol. The second-order valence-electron chi connectivity index (χ2n) is 5.63. The third-order valence-corrected chi connectivity index (χ3v) is 4.85. The van der Waals surface area contributed by atoms with Gasteiger partial charge in [0.05, 0.1) is 18.6 Å². The molecule has 0 radical (unpaired) electrons. The number of aromatic nitrogens is 6. The van der Waals surface area contributed by atoms with Gasteiger partial charge in [0, 0.05) is 5.56 Å². The van der Waals surface area contributed by atoms with Gasteiger partial charge in [-0.1, -0.05) is 11.8 Å². The van der Waals surface area contributed by atoms with Crippen LogP contribution in [0.25, 0.3) is 11.5 Å². The summed E-state index contributed by atoms with van der Waals surface area (Å²) < 4.78 is 18.0. The van der Waals surface area contributed by atoms with Crippen molar-refractivity contribution in [2.75, 3.05) is 7.11 Å². The molecule has 0 N–H and O–H groups in total. The van der Waals surface area contributed by atoms with Gasteiger partial charge in [0.25, 0.3) is 0 Å². The highest BCUT2D eigenvalue weighted by atomic mass is 32.2. The van der Waals surface area contributed by atoms with E-state index in [4.69, 9.17) is 13.6 Å². The molecule has 0 aliphatic heterocycles. The van der Waals surface area contributed by atoms with Crippen molar-refractivity contribution in [2.24, 2.45) is 0 Å². The van der Waals surface area contributed by atoms with E-state index in [9.17, 15) is 0 Å². The fourth-order valence-corrected chi connectivity index (χ4v) is 3.21. The molecule has 0 spiro atoms. The van der Waals surface area contributed by atoms with Gasteiger partial charge in [-0.05, 0) is 53.7 Å². The van der Waals surface area contributed by atoms with E-state index in [0.29, 0.717) is 23.5 Å². The van der Waals surface area contributed by atoms with Crippen LogP contribution in [-0.4, -0.2) is 37.5 Å². The van der Waals surface area contributed by atoms with Crippen molar-refractivity contribution in [2.45, 2.75) is 23.9 Å². The molecule has 4 aromatic rings. The zero-order chi connectivity index (χ0) is 18.6. The zero-order valence-electron chi connectivity index (χ0n) is 14.6.